The fraction of sp³-hybridized carbons (Fsp3) is 0.273. The fourth-order valence-corrected chi connectivity index (χ4v) is 3.60. The van der Waals surface area contributed by atoms with Crippen molar-refractivity contribution in [1.29, 1.82) is 0 Å². The highest BCUT2D eigenvalue weighted by Crippen LogP contribution is 2.32. The van der Waals surface area contributed by atoms with Gasteiger partial charge in [-0.2, -0.15) is 0 Å². The molecule has 33 heavy (non-hydrogen) atoms. The number of pyridine rings is 1. The lowest BCUT2D eigenvalue weighted by molar-refractivity contribution is -0.274. The molecule has 2 aromatic heterocycles. The maximum absolute atomic E-state index is 12.8. The maximum atomic E-state index is 12.8. The molecule has 1 saturated heterocycles. The van der Waals surface area contributed by atoms with E-state index in [1.807, 2.05) is 4.90 Å². The number of ether oxygens (including phenoxy) is 1. The molecule has 0 radical (unpaired) electrons. The summed E-state index contributed by atoms with van der Waals surface area (Å²) in [6, 6.07) is 6.52. The van der Waals surface area contributed by atoms with E-state index in [9.17, 15) is 23.1 Å². The first-order valence-electron chi connectivity index (χ1n) is 10.1. The number of anilines is 2. The third-order valence-corrected chi connectivity index (χ3v) is 5.19. The standard InChI is InChI=1S/C22H20F3N5O3/c23-22(24,25)33-18-3-1-17(2-4-18)29-21(32)15-7-19(16-8-26-13-27-9-16)20(28-10-15)30-6-5-14(11-30)12-31/h1-4,7-10,13-14,31H,5-6,11-12H2,(H,29,32)/t14-/m0/s1. The molecule has 1 aliphatic rings. The van der Waals surface area contributed by atoms with Crippen LogP contribution in [-0.4, -0.2) is 52.0 Å². The summed E-state index contributed by atoms with van der Waals surface area (Å²) < 4.78 is 40.8. The maximum Gasteiger partial charge on any atom is 0.573 e. The summed E-state index contributed by atoms with van der Waals surface area (Å²) in [7, 11) is 0. The predicted molar refractivity (Wildman–Crippen MR) is 114 cm³/mol. The lowest BCUT2D eigenvalue weighted by Gasteiger charge is -2.21. The van der Waals surface area contributed by atoms with Crippen LogP contribution in [0.2, 0.25) is 0 Å². The largest absolute Gasteiger partial charge is 0.573 e. The summed E-state index contributed by atoms with van der Waals surface area (Å²) >= 11 is 0. The average Bonchev–Trinajstić information content (AvgIpc) is 3.29. The number of amides is 1. The van der Waals surface area contributed by atoms with Crippen molar-refractivity contribution < 1.29 is 27.8 Å². The summed E-state index contributed by atoms with van der Waals surface area (Å²) in [6.45, 7) is 1.45. The van der Waals surface area contributed by atoms with Gasteiger partial charge in [0.1, 0.15) is 17.9 Å². The summed E-state index contributed by atoms with van der Waals surface area (Å²) in [5, 5.41) is 12.1. The van der Waals surface area contributed by atoms with Crippen LogP contribution < -0.4 is 15.0 Å². The molecule has 0 unspecified atom stereocenters. The number of carbonyl (C=O) groups excluding carboxylic acids is 1. The number of aromatic nitrogens is 3. The van der Waals surface area contributed by atoms with Gasteiger partial charge in [0, 0.05) is 61.0 Å². The quantitative estimate of drug-likeness (QED) is 0.582. The molecular formula is C22H20F3N5O3. The van der Waals surface area contributed by atoms with Crippen molar-refractivity contribution in [1.82, 2.24) is 15.0 Å². The summed E-state index contributed by atoms with van der Waals surface area (Å²) in [6.07, 6.45) is 2.12. The molecule has 1 amide bonds. The first-order chi connectivity index (χ1) is 15.8. The summed E-state index contributed by atoms with van der Waals surface area (Å²) in [4.78, 5) is 27.4. The smallest absolute Gasteiger partial charge is 0.406 e. The molecule has 2 N–H and O–H groups in total. The van der Waals surface area contributed by atoms with Crippen LogP contribution in [0.15, 0.2) is 55.2 Å². The van der Waals surface area contributed by atoms with Crippen molar-refractivity contribution in [3.8, 4) is 16.9 Å². The second-order valence-electron chi connectivity index (χ2n) is 7.53. The van der Waals surface area contributed by atoms with E-state index in [0.29, 0.717) is 29.2 Å². The molecule has 3 aromatic rings. The zero-order chi connectivity index (χ0) is 23.4. The Morgan fingerprint density at radius 2 is 1.91 bits per heavy atom. The highest BCUT2D eigenvalue weighted by Gasteiger charge is 2.31. The van der Waals surface area contributed by atoms with Crippen molar-refractivity contribution in [3.63, 3.8) is 0 Å². The Morgan fingerprint density at radius 3 is 2.55 bits per heavy atom. The third-order valence-electron chi connectivity index (χ3n) is 5.19. The van der Waals surface area contributed by atoms with E-state index in [1.165, 1.54) is 24.7 Å². The molecular weight excluding hydrogens is 439 g/mol. The van der Waals surface area contributed by atoms with E-state index in [0.717, 1.165) is 25.1 Å². The normalized spacial score (nSPS) is 16.0. The molecule has 11 heteroatoms. The van der Waals surface area contributed by atoms with Gasteiger partial charge in [0.15, 0.2) is 0 Å². The number of alkyl halides is 3. The molecule has 0 aliphatic carbocycles. The topological polar surface area (TPSA) is 100 Å². The van der Waals surface area contributed by atoms with Crippen LogP contribution in [0.4, 0.5) is 24.7 Å². The molecule has 8 nitrogen and oxygen atoms in total. The minimum Gasteiger partial charge on any atom is -0.406 e. The Morgan fingerprint density at radius 1 is 1.18 bits per heavy atom. The number of carbonyl (C=O) groups is 1. The number of hydrogen-bond donors (Lipinski definition) is 2. The number of nitrogens with one attached hydrogen (secondary N) is 1. The molecule has 1 fully saturated rings. The predicted octanol–water partition coefficient (Wildman–Crippen LogP) is 3.51. The van der Waals surface area contributed by atoms with Crippen LogP contribution in [0.3, 0.4) is 0 Å². The fourth-order valence-electron chi connectivity index (χ4n) is 3.60. The number of aliphatic hydroxyl groups is 1. The van der Waals surface area contributed by atoms with E-state index < -0.39 is 12.3 Å². The zero-order valence-corrected chi connectivity index (χ0v) is 17.3. The molecule has 0 spiro atoms. The van der Waals surface area contributed by atoms with Crippen molar-refractivity contribution in [2.75, 3.05) is 29.9 Å². The average molecular weight is 459 g/mol. The van der Waals surface area contributed by atoms with E-state index in [4.69, 9.17) is 0 Å². The van der Waals surface area contributed by atoms with Gasteiger partial charge in [0.05, 0.1) is 5.56 Å². The van der Waals surface area contributed by atoms with Gasteiger partial charge in [-0.15, -0.1) is 13.2 Å². The van der Waals surface area contributed by atoms with E-state index in [-0.39, 0.29) is 23.8 Å². The monoisotopic (exact) mass is 459 g/mol. The Labute approximate surface area is 187 Å². The number of aliphatic hydroxyl groups excluding tert-OH is 1. The second kappa shape index (κ2) is 9.41. The van der Waals surface area contributed by atoms with Crippen LogP contribution in [-0.2, 0) is 0 Å². The molecule has 1 atom stereocenters. The van der Waals surface area contributed by atoms with Gasteiger partial charge in [-0.05, 0) is 36.8 Å². The lowest BCUT2D eigenvalue weighted by atomic mass is 10.1. The van der Waals surface area contributed by atoms with Crippen LogP contribution in [0.25, 0.3) is 11.1 Å². The number of benzene rings is 1. The Kier molecular flexibility index (Phi) is 6.40. The number of rotatable bonds is 6. The highest BCUT2D eigenvalue weighted by molar-refractivity contribution is 6.05. The third kappa shape index (κ3) is 5.55. The van der Waals surface area contributed by atoms with Crippen molar-refractivity contribution in [2.24, 2.45) is 5.92 Å². The van der Waals surface area contributed by atoms with Gasteiger partial charge in [-0.3, -0.25) is 4.79 Å². The SMILES string of the molecule is O=C(Nc1ccc(OC(F)(F)F)cc1)c1cnc(N2CC[C@H](CO)C2)c(-c2cncnc2)c1. The van der Waals surface area contributed by atoms with Gasteiger partial charge in [-0.25, -0.2) is 15.0 Å². The van der Waals surface area contributed by atoms with Crippen LogP contribution in [0, 0.1) is 5.92 Å². The van der Waals surface area contributed by atoms with Crippen LogP contribution in [0.1, 0.15) is 16.8 Å². The van der Waals surface area contributed by atoms with Crippen LogP contribution in [0.5, 0.6) is 5.75 Å². The second-order valence-corrected chi connectivity index (χ2v) is 7.53. The van der Waals surface area contributed by atoms with Gasteiger partial charge in [-0.1, -0.05) is 0 Å². The Hall–Kier alpha value is -3.73. The Balaban J connectivity index is 1.57. The Bertz CT molecular complexity index is 1110. The van der Waals surface area contributed by atoms with E-state index in [2.05, 4.69) is 25.0 Å². The van der Waals surface area contributed by atoms with Gasteiger partial charge in [0.2, 0.25) is 0 Å². The number of hydrogen-bond acceptors (Lipinski definition) is 7. The molecule has 172 valence electrons. The van der Waals surface area contributed by atoms with Crippen molar-refractivity contribution in [2.45, 2.75) is 12.8 Å². The molecule has 0 saturated carbocycles. The molecule has 1 aliphatic heterocycles. The summed E-state index contributed by atoms with van der Waals surface area (Å²) in [5.74, 6) is -0.0547. The lowest BCUT2D eigenvalue weighted by Crippen LogP contribution is -2.23. The zero-order valence-electron chi connectivity index (χ0n) is 17.3. The van der Waals surface area contributed by atoms with E-state index >= 15 is 0 Å². The minimum atomic E-state index is -4.79. The highest BCUT2D eigenvalue weighted by atomic mass is 19.4. The molecule has 4 rings (SSSR count). The van der Waals surface area contributed by atoms with Crippen LogP contribution >= 0.6 is 0 Å². The molecule has 3 heterocycles. The number of nitrogens with zero attached hydrogens (tertiary/aromatic N) is 4. The van der Waals surface area contributed by atoms with Gasteiger partial charge in [0.25, 0.3) is 5.91 Å². The number of halogens is 3. The summed E-state index contributed by atoms with van der Waals surface area (Å²) in [5.41, 5.74) is 1.89. The minimum absolute atomic E-state index is 0.0908. The van der Waals surface area contributed by atoms with Gasteiger partial charge < -0.3 is 20.1 Å². The van der Waals surface area contributed by atoms with E-state index in [1.54, 1.807) is 18.5 Å². The first kappa shape index (κ1) is 22.5. The van der Waals surface area contributed by atoms with Gasteiger partial charge >= 0.3 is 6.36 Å². The van der Waals surface area contributed by atoms with Crippen molar-refractivity contribution in [3.05, 3.63) is 60.8 Å². The molecule has 0 bridgehead atoms. The van der Waals surface area contributed by atoms with Crippen molar-refractivity contribution >= 4 is 17.4 Å². The first-order valence-corrected chi connectivity index (χ1v) is 10.1. The molecule has 1 aromatic carbocycles.